The van der Waals surface area contributed by atoms with Crippen LogP contribution in [0.3, 0.4) is 0 Å². The number of hydrogen-bond acceptors (Lipinski definition) is 1. The Kier molecular flexibility index (Phi) is 2.65. The van der Waals surface area contributed by atoms with Gasteiger partial charge in [-0.3, -0.25) is 0 Å². The molecule has 0 heterocycles. The predicted octanol–water partition coefficient (Wildman–Crippen LogP) is 3.33. The summed E-state index contributed by atoms with van der Waals surface area (Å²) in [5.41, 5.74) is 4.22. The van der Waals surface area contributed by atoms with E-state index in [0.29, 0.717) is 0 Å². The van der Waals surface area contributed by atoms with E-state index in [1.54, 1.807) is 0 Å². The maximum Gasteiger partial charge on any atom is 0.0340 e. The van der Waals surface area contributed by atoms with E-state index in [1.807, 2.05) is 7.05 Å². The molecule has 1 aromatic carbocycles. The van der Waals surface area contributed by atoms with Crippen molar-refractivity contribution in [3.8, 4) is 0 Å². The summed E-state index contributed by atoms with van der Waals surface area (Å²) in [6.07, 6.45) is 0. The van der Waals surface area contributed by atoms with Gasteiger partial charge in [0.25, 0.3) is 0 Å². The molecule has 0 amide bonds. The van der Waals surface area contributed by atoms with Crippen LogP contribution in [-0.4, -0.2) is 7.05 Å². The van der Waals surface area contributed by atoms with E-state index in [4.69, 9.17) is 0 Å². The summed E-state index contributed by atoms with van der Waals surface area (Å²) in [7, 11) is 1.95. The number of anilines is 1. The van der Waals surface area contributed by atoms with Crippen molar-refractivity contribution < 1.29 is 0 Å². The predicted molar refractivity (Wildman–Crippen MR) is 59.4 cm³/mol. The zero-order valence-electron chi connectivity index (χ0n) is 9.23. The monoisotopic (exact) mass is 177 g/mol. The standard InChI is InChI=1S/C12H19N/c1-9-8-10(13-5)6-7-11(9)12(2,3)4/h6-8,13H,1-5H3. The first-order valence-corrected chi connectivity index (χ1v) is 4.74. The second-order valence-electron chi connectivity index (χ2n) is 4.53. The second kappa shape index (κ2) is 3.41. The van der Waals surface area contributed by atoms with Gasteiger partial charge in [0.15, 0.2) is 0 Å². The first-order valence-electron chi connectivity index (χ1n) is 4.74. The lowest BCUT2D eigenvalue weighted by atomic mass is 9.84. The van der Waals surface area contributed by atoms with Gasteiger partial charge >= 0.3 is 0 Å². The van der Waals surface area contributed by atoms with E-state index < -0.39 is 0 Å². The number of benzene rings is 1. The first kappa shape index (κ1) is 10.1. The molecule has 0 aromatic heterocycles. The summed E-state index contributed by atoms with van der Waals surface area (Å²) >= 11 is 0. The van der Waals surface area contributed by atoms with Crippen LogP contribution in [-0.2, 0) is 5.41 Å². The first-order chi connectivity index (χ1) is 5.95. The quantitative estimate of drug-likeness (QED) is 0.693. The van der Waals surface area contributed by atoms with Gasteiger partial charge < -0.3 is 5.32 Å². The highest BCUT2D eigenvalue weighted by molar-refractivity contribution is 5.49. The van der Waals surface area contributed by atoms with Crippen molar-refractivity contribution in [3.63, 3.8) is 0 Å². The lowest BCUT2D eigenvalue weighted by molar-refractivity contribution is 0.586. The molecule has 0 spiro atoms. The minimum Gasteiger partial charge on any atom is -0.388 e. The third-order valence-corrected chi connectivity index (χ3v) is 2.32. The molecule has 1 rings (SSSR count). The maximum absolute atomic E-state index is 3.15. The molecule has 1 nitrogen and oxygen atoms in total. The number of hydrogen-bond donors (Lipinski definition) is 1. The van der Waals surface area contributed by atoms with Gasteiger partial charge in [-0.15, -0.1) is 0 Å². The zero-order valence-corrected chi connectivity index (χ0v) is 9.23. The summed E-state index contributed by atoms with van der Waals surface area (Å²) < 4.78 is 0. The summed E-state index contributed by atoms with van der Waals surface area (Å²) in [5, 5.41) is 3.15. The lowest BCUT2D eigenvalue weighted by Crippen LogP contribution is -2.12. The van der Waals surface area contributed by atoms with Crippen molar-refractivity contribution in [2.45, 2.75) is 33.1 Å². The van der Waals surface area contributed by atoms with Gasteiger partial charge in [-0.1, -0.05) is 26.8 Å². The van der Waals surface area contributed by atoms with E-state index in [9.17, 15) is 0 Å². The Labute approximate surface area is 81.2 Å². The van der Waals surface area contributed by atoms with Crippen molar-refractivity contribution in [1.29, 1.82) is 0 Å². The molecule has 0 unspecified atom stereocenters. The SMILES string of the molecule is CNc1ccc(C(C)(C)C)c(C)c1. The Morgan fingerprint density at radius 1 is 1.15 bits per heavy atom. The van der Waals surface area contributed by atoms with Crippen molar-refractivity contribution >= 4 is 5.69 Å². The fourth-order valence-corrected chi connectivity index (χ4v) is 1.66. The van der Waals surface area contributed by atoms with Crippen LogP contribution in [0.25, 0.3) is 0 Å². The smallest absolute Gasteiger partial charge is 0.0340 e. The summed E-state index contributed by atoms with van der Waals surface area (Å²) in [6.45, 7) is 8.90. The van der Waals surface area contributed by atoms with Crippen LogP contribution in [0.5, 0.6) is 0 Å². The molecule has 1 aromatic rings. The fraction of sp³-hybridized carbons (Fsp3) is 0.500. The summed E-state index contributed by atoms with van der Waals surface area (Å²) in [6, 6.07) is 6.54. The lowest BCUT2D eigenvalue weighted by Gasteiger charge is -2.22. The number of aryl methyl sites for hydroxylation is 1. The number of rotatable bonds is 1. The van der Waals surface area contributed by atoms with Gasteiger partial charge in [0.1, 0.15) is 0 Å². The molecule has 0 fully saturated rings. The molecule has 72 valence electrons. The Hall–Kier alpha value is -0.980. The van der Waals surface area contributed by atoms with Gasteiger partial charge in [-0.25, -0.2) is 0 Å². The van der Waals surface area contributed by atoms with Gasteiger partial charge in [-0.05, 0) is 35.6 Å². The average molecular weight is 177 g/mol. The summed E-state index contributed by atoms with van der Waals surface area (Å²) in [4.78, 5) is 0. The van der Waals surface area contributed by atoms with Gasteiger partial charge in [-0.2, -0.15) is 0 Å². The molecular weight excluding hydrogens is 158 g/mol. The molecule has 0 bridgehead atoms. The van der Waals surface area contributed by atoms with Crippen LogP contribution in [0, 0.1) is 6.92 Å². The molecule has 0 aliphatic carbocycles. The minimum absolute atomic E-state index is 0.246. The molecule has 0 atom stereocenters. The summed E-state index contributed by atoms with van der Waals surface area (Å²) in [5.74, 6) is 0. The van der Waals surface area contributed by atoms with E-state index in [1.165, 1.54) is 16.8 Å². The van der Waals surface area contributed by atoms with Gasteiger partial charge in [0.2, 0.25) is 0 Å². The van der Waals surface area contributed by atoms with E-state index in [0.717, 1.165) is 0 Å². The minimum atomic E-state index is 0.246. The molecule has 0 radical (unpaired) electrons. The number of nitrogens with one attached hydrogen (secondary N) is 1. The maximum atomic E-state index is 3.15. The van der Waals surface area contributed by atoms with Gasteiger partial charge in [0, 0.05) is 12.7 Å². The van der Waals surface area contributed by atoms with Crippen molar-refractivity contribution in [2.75, 3.05) is 12.4 Å². The Balaban J connectivity index is 3.13. The zero-order chi connectivity index (χ0) is 10.1. The van der Waals surface area contributed by atoms with Crippen molar-refractivity contribution in [2.24, 2.45) is 0 Å². The van der Waals surface area contributed by atoms with Gasteiger partial charge in [0.05, 0.1) is 0 Å². The molecule has 1 N–H and O–H groups in total. The van der Waals surface area contributed by atoms with Crippen molar-refractivity contribution in [1.82, 2.24) is 0 Å². The average Bonchev–Trinajstić information content (AvgIpc) is 2.01. The van der Waals surface area contributed by atoms with Crippen LogP contribution in [0.2, 0.25) is 0 Å². The highest BCUT2D eigenvalue weighted by Gasteiger charge is 2.15. The topological polar surface area (TPSA) is 12.0 Å². The molecule has 0 aliphatic heterocycles. The normalized spacial score (nSPS) is 11.5. The third kappa shape index (κ3) is 2.24. The van der Waals surface area contributed by atoms with Crippen molar-refractivity contribution in [3.05, 3.63) is 29.3 Å². The Bertz CT molecular complexity index is 294. The Morgan fingerprint density at radius 2 is 1.77 bits per heavy atom. The van der Waals surface area contributed by atoms with Crippen LogP contribution in [0.15, 0.2) is 18.2 Å². The van der Waals surface area contributed by atoms with E-state index in [-0.39, 0.29) is 5.41 Å². The molecule has 0 saturated heterocycles. The Morgan fingerprint density at radius 3 is 2.15 bits per heavy atom. The van der Waals surface area contributed by atoms with Crippen LogP contribution >= 0.6 is 0 Å². The van der Waals surface area contributed by atoms with Crippen LogP contribution < -0.4 is 5.32 Å². The molecule has 1 heteroatoms. The fourth-order valence-electron chi connectivity index (χ4n) is 1.66. The third-order valence-electron chi connectivity index (χ3n) is 2.32. The molecular formula is C12H19N. The van der Waals surface area contributed by atoms with E-state index in [2.05, 4.69) is 51.2 Å². The van der Waals surface area contributed by atoms with Crippen LogP contribution in [0.1, 0.15) is 31.9 Å². The largest absolute Gasteiger partial charge is 0.388 e. The molecule has 0 saturated carbocycles. The highest BCUT2D eigenvalue weighted by atomic mass is 14.8. The highest BCUT2D eigenvalue weighted by Crippen LogP contribution is 2.27. The van der Waals surface area contributed by atoms with Crippen LogP contribution in [0.4, 0.5) is 5.69 Å². The van der Waals surface area contributed by atoms with E-state index >= 15 is 0 Å². The molecule has 13 heavy (non-hydrogen) atoms. The molecule has 0 aliphatic rings. The second-order valence-corrected chi connectivity index (χ2v) is 4.53.